The van der Waals surface area contributed by atoms with Gasteiger partial charge < -0.3 is 15.6 Å². The number of amides is 2. The summed E-state index contributed by atoms with van der Waals surface area (Å²) in [6.45, 7) is 4.66. The molecule has 7 heteroatoms. The molecule has 3 aromatic carbocycles. The van der Waals surface area contributed by atoms with Crippen LogP contribution in [0.15, 0.2) is 85.2 Å². The van der Waals surface area contributed by atoms with Crippen molar-refractivity contribution in [3.8, 4) is 33.5 Å². The van der Waals surface area contributed by atoms with E-state index >= 15 is 0 Å². The highest BCUT2D eigenvalue weighted by Gasteiger charge is 2.20. The number of fused-ring (bicyclic) bond motifs is 1. The van der Waals surface area contributed by atoms with E-state index in [1.165, 1.54) is 12.1 Å². The summed E-state index contributed by atoms with van der Waals surface area (Å²) in [7, 11) is 1.58. The third-order valence-corrected chi connectivity index (χ3v) is 6.63. The van der Waals surface area contributed by atoms with Gasteiger partial charge in [-0.2, -0.15) is 0 Å². The number of pyridine rings is 1. The summed E-state index contributed by atoms with van der Waals surface area (Å²) in [6.07, 6.45) is 3.44. The number of nitrogens with one attached hydrogen (secondary N) is 3. The smallest absolute Gasteiger partial charge is 0.253 e. The van der Waals surface area contributed by atoms with Gasteiger partial charge >= 0.3 is 0 Å². The average molecular weight is 521 g/mol. The Morgan fingerprint density at radius 3 is 2.31 bits per heavy atom. The zero-order chi connectivity index (χ0) is 27.5. The van der Waals surface area contributed by atoms with Crippen molar-refractivity contribution in [1.29, 1.82) is 0 Å². The number of H-pyrrole nitrogens is 1. The van der Waals surface area contributed by atoms with Crippen LogP contribution in [0.3, 0.4) is 0 Å². The quantitative estimate of drug-likeness (QED) is 0.231. The first-order valence-corrected chi connectivity index (χ1v) is 12.8. The van der Waals surface area contributed by atoms with Gasteiger partial charge in [-0.1, -0.05) is 38.1 Å². The second-order valence-electron chi connectivity index (χ2n) is 9.83. The Labute approximate surface area is 226 Å². The molecule has 2 heterocycles. The van der Waals surface area contributed by atoms with Gasteiger partial charge in [0.25, 0.3) is 11.8 Å². The molecule has 0 bridgehead atoms. The lowest BCUT2D eigenvalue weighted by atomic mass is 9.94. The minimum atomic E-state index is -0.346. The summed E-state index contributed by atoms with van der Waals surface area (Å²) in [5.41, 5.74) is 6.46. The Kier molecular flexibility index (Phi) is 7.23. The standard InChI is InChI=1S/C32H29FN4O2/c1-19(2)17-36-31(38)26-15-21(8-12-25(26)23-5-4-14-35-18-23)22-9-13-28-27(16-22)29(32(39)34-3)30(37-28)20-6-10-24(33)11-7-20/h4-16,18-19,37H,17H2,1-3H3,(H,34,39)(H,36,38). The van der Waals surface area contributed by atoms with E-state index in [-0.39, 0.29) is 17.6 Å². The number of hydrogen-bond acceptors (Lipinski definition) is 3. The third-order valence-electron chi connectivity index (χ3n) is 6.63. The zero-order valence-electron chi connectivity index (χ0n) is 22.0. The van der Waals surface area contributed by atoms with Gasteiger partial charge in [-0.05, 0) is 76.7 Å². The molecule has 39 heavy (non-hydrogen) atoms. The topological polar surface area (TPSA) is 86.9 Å². The largest absolute Gasteiger partial charge is 0.355 e. The van der Waals surface area contributed by atoms with Crippen molar-refractivity contribution < 1.29 is 14.0 Å². The van der Waals surface area contributed by atoms with E-state index in [0.29, 0.717) is 34.8 Å². The van der Waals surface area contributed by atoms with E-state index in [1.807, 2.05) is 48.5 Å². The van der Waals surface area contributed by atoms with Crippen molar-refractivity contribution in [3.05, 3.63) is 102 Å². The molecule has 0 aliphatic rings. The van der Waals surface area contributed by atoms with Crippen molar-refractivity contribution in [1.82, 2.24) is 20.6 Å². The number of benzene rings is 3. The van der Waals surface area contributed by atoms with Crippen molar-refractivity contribution in [2.45, 2.75) is 13.8 Å². The lowest BCUT2D eigenvalue weighted by Crippen LogP contribution is -2.27. The monoisotopic (exact) mass is 520 g/mol. The van der Waals surface area contributed by atoms with E-state index in [0.717, 1.165) is 33.2 Å². The summed E-state index contributed by atoms with van der Waals surface area (Å²) >= 11 is 0. The zero-order valence-corrected chi connectivity index (χ0v) is 22.0. The first kappa shape index (κ1) is 25.9. The van der Waals surface area contributed by atoms with Crippen LogP contribution in [0.25, 0.3) is 44.4 Å². The average Bonchev–Trinajstić information content (AvgIpc) is 3.34. The normalized spacial score (nSPS) is 11.1. The number of aromatic nitrogens is 2. The lowest BCUT2D eigenvalue weighted by Gasteiger charge is -2.14. The molecule has 2 aromatic heterocycles. The predicted octanol–water partition coefficient (Wildman–Crippen LogP) is 6.45. The fourth-order valence-corrected chi connectivity index (χ4v) is 4.64. The Morgan fingerprint density at radius 2 is 1.62 bits per heavy atom. The van der Waals surface area contributed by atoms with Gasteiger partial charge in [-0.15, -0.1) is 0 Å². The third kappa shape index (κ3) is 5.29. The van der Waals surface area contributed by atoms with Crippen LogP contribution in [-0.4, -0.2) is 35.4 Å². The summed E-state index contributed by atoms with van der Waals surface area (Å²) < 4.78 is 13.6. The van der Waals surface area contributed by atoms with E-state index in [2.05, 4.69) is 34.4 Å². The maximum atomic E-state index is 13.6. The van der Waals surface area contributed by atoms with Gasteiger partial charge in [0.1, 0.15) is 5.82 Å². The SMILES string of the molecule is CNC(=O)c1c(-c2ccc(F)cc2)[nH]c2ccc(-c3ccc(-c4cccnc4)c(C(=O)NCC(C)C)c3)cc12. The number of hydrogen-bond donors (Lipinski definition) is 3. The van der Waals surface area contributed by atoms with Crippen LogP contribution < -0.4 is 10.6 Å². The van der Waals surface area contributed by atoms with Crippen molar-refractivity contribution >= 4 is 22.7 Å². The molecule has 196 valence electrons. The number of halogens is 1. The molecule has 0 aliphatic heterocycles. The molecule has 2 amide bonds. The maximum Gasteiger partial charge on any atom is 0.253 e. The number of nitrogens with zero attached hydrogens (tertiary/aromatic N) is 1. The van der Waals surface area contributed by atoms with Gasteiger partial charge in [0.05, 0.1) is 11.3 Å². The lowest BCUT2D eigenvalue weighted by molar-refractivity contribution is 0.0946. The molecule has 5 aromatic rings. The fourth-order valence-electron chi connectivity index (χ4n) is 4.64. The van der Waals surface area contributed by atoms with Crippen LogP contribution in [0.5, 0.6) is 0 Å². The number of aromatic amines is 1. The summed E-state index contributed by atoms with van der Waals surface area (Å²) in [5.74, 6) is -0.440. The van der Waals surface area contributed by atoms with Crippen molar-refractivity contribution in [2.75, 3.05) is 13.6 Å². The van der Waals surface area contributed by atoms with E-state index in [1.54, 1.807) is 31.6 Å². The predicted molar refractivity (Wildman–Crippen MR) is 153 cm³/mol. The van der Waals surface area contributed by atoms with E-state index < -0.39 is 0 Å². The second-order valence-corrected chi connectivity index (χ2v) is 9.83. The molecule has 0 unspecified atom stereocenters. The summed E-state index contributed by atoms with van der Waals surface area (Å²) in [5, 5.41) is 6.48. The molecule has 0 aliphatic carbocycles. The molecule has 0 saturated carbocycles. The molecule has 0 fully saturated rings. The van der Waals surface area contributed by atoms with Gasteiger partial charge in [0.15, 0.2) is 0 Å². The van der Waals surface area contributed by atoms with Crippen LogP contribution >= 0.6 is 0 Å². The number of rotatable bonds is 7. The van der Waals surface area contributed by atoms with Crippen LogP contribution in [-0.2, 0) is 0 Å². The Balaban J connectivity index is 1.64. The molecule has 0 atom stereocenters. The highest BCUT2D eigenvalue weighted by atomic mass is 19.1. The molecule has 0 saturated heterocycles. The highest BCUT2D eigenvalue weighted by molar-refractivity contribution is 6.13. The van der Waals surface area contributed by atoms with Crippen LogP contribution in [0.2, 0.25) is 0 Å². The molecule has 0 radical (unpaired) electrons. The Bertz CT molecular complexity index is 1660. The fraction of sp³-hybridized carbons (Fsp3) is 0.156. The Morgan fingerprint density at radius 1 is 0.897 bits per heavy atom. The molecule has 5 rings (SSSR count). The van der Waals surface area contributed by atoms with Crippen molar-refractivity contribution in [3.63, 3.8) is 0 Å². The minimum absolute atomic E-state index is 0.156. The number of carbonyl (C=O) groups is 2. The van der Waals surface area contributed by atoms with Gasteiger partial charge in [-0.3, -0.25) is 14.6 Å². The molecular formula is C32H29FN4O2. The van der Waals surface area contributed by atoms with Crippen LogP contribution in [0.4, 0.5) is 4.39 Å². The molecular weight excluding hydrogens is 491 g/mol. The van der Waals surface area contributed by atoms with Gasteiger partial charge in [-0.25, -0.2) is 4.39 Å². The van der Waals surface area contributed by atoms with Crippen LogP contribution in [0, 0.1) is 11.7 Å². The summed E-state index contributed by atoms with van der Waals surface area (Å²) in [6, 6.07) is 21.4. The maximum absolute atomic E-state index is 13.6. The molecule has 0 spiro atoms. The number of carbonyl (C=O) groups excluding carboxylic acids is 2. The van der Waals surface area contributed by atoms with E-state index in [4.69, 9.17) is 0 Å². The second kappa shape index (κ2) is 10.9. The summed E-state index contributed by atoms with van der Waals surface area (Å²) in [4.78, 5) is 33.8. The molecule has 3 N–H and O–H groups in total. The first-order chi connectivity index (χ1) is 18.9. The van der Waals surface area contributed by atoms with Crippen molar-refractivity contribution in [2.24, 2.45) is 5.92 Å². The Hall–Kier alpha value is -4.78. The highest BCUT2D eigenvalue weighted by Crippen LogP contribution is 2.35. The van der Waals surface area contributed by atoms with Gasteiger partial charge in [0, 0.05) is 48.0 Å². The van der Waals surface area contributed by atoms with E-state index in [9.17, 15) is 14.0 Å². The first-order valence-electron chi connectivity index (χ1n) is 12.8. The van der Waals surface area contributed by atoms with Gasteiger partial charge in [0.2, 0.25) is 0 Å². The van der Waals surface area contributed by atoms with Crippen LogP contribution in [0.1, 0.15) is 34.6 Å². The molecule has 6 nitrogen and oxygen atoms in total. The minimum Gasteiger partial charge on any atom is -0.355 e.